The maximum atomic E-state index is 13.2. The molecule has 2 rings (SSSR count). The molecule has 0 aliphatic carbocycles. The summed E-state index contributed by atoms with van der Waals surface area (Å²) in [6, 6.07) is 4.08. The summed E-state index contributed by atoms with van der Waals surface area (Å²) in [5.74, 6) is -0.710. The number of nitrogens with one attached hydrogen (secondary N) is 1. The molecule has 0 radical (unpaired) electrons. The van der Waals surface area contributed by atoms with Gasteiger partial charge in [0.05, 0.1) is 19.0 Å². The molecule has 0 saturated heterocycles. The zero-order valence-electron chi connectivity index (χ0n) is 10.3. The summed E-state index contributed by atoms with van der Waals surface area (Å²) < 4.78 is 19.4. The van der Waals surface area contributed by atoms with Gasteiger partial charge in [0.2, 0.25) is 5.91 Å². The van der Waals surface area contributed by atoms with E-state index in [9.17, 15) is 9.18 Å². The Labute approximate surface area is 109 Å². The molecule has 1 amide bonds. The highest BCUT2D eigenvalue weighted by atomic mass is 19.1. The number of rotatable bonds is 4. The third-order valence-electron chi connectivity index (χ3n) is 2.39. The van der Waals surface area contributed by atoms with E-state index in [1.165, 1.54) is 36.2 Å². The van der Waals surface area contributed by atoms with Crippen LogP contribution in [0.4, 0.5) is 15.8 Å². The highest BCUT2D eigenvalue weighted by Gasteiger charge is 2.07. The van der Waals surface area contributed by atoms with Gasteiger partial charge >= 0.3 is 0 Å². The molecule has 2 aromatic rings. The molecule has 1 aromatic heterocycles. The number of halogens is 1. The topological polar surface area (TPSA) is 82.2 Å². The molecule has 0 aliphatic rings. The third-order valence-corrected chi connectivity index (χ3v) is 2.39. The second-order valence-corrected chi connectivity index (χ2v) is 3.87. The van der Waals surface area contributed by atoms with Crippen molar-refractivity contribution in [1.82, 2.24) is 9.78 Å². The first-order chi connectivity index (χ1) is 9.08. The molecule has 6 nitrogen and oxygen atoms in total. The third kappa shape index (κ3) is 3.21. The molecule has 0 unspecified atom stereocenters. The van der Waals surface area contributed by atoms with Gasteiger partial charge in [-0.1, -0.05) is 0 Å². The maximum absolute atomic E-state index is 13.2. The molecule has 0 atom stereocenters. The van der Waals surface area contributed by atoms with Gasteiger partial charge in [-0.15, -0.1) is 0 Å². The second-order valence-electron chi connectivity index (χ2n) is 3.87. The molecular weight excluding hydrogens is 251 g/mol. The lowest BCUT2D eigenvalue weighted by Crippen LogP contribution is -2.19. The van der Waals surface area contributed by atoms with Crippen molar-refractivity contribution in [1.29, 1.82) is 0 Å². The molecule has 0 fully saturated rings. The Balaban J connectivity index is 2.02. The number of nitrogens with two attached hydrogens (primary N) is 1. The number of anilines is 2. The van der Waals surface area contributed by atoms with Crippen LogP contribution in [0.1, 0.15) is 0 Å². The van der Waals surface area contributed by atoms with Gasteiger partial charge < -0.3 is 15.8 Å². The van der Waals surface area contributed by atoms with E-state index in [-0.39, 0.29) is 18.2 Å². The van der Waals surface area contributed by atoms with Crippen molar-refractivity contribution < 1.29 is 13.9 Å². The molecule has 0 aliphatic heterocycles. The fourth-order valence-corrected chi connectivity index (χ4v) is 1.55. The lowest BCUT2D eigenvalue weighted by Gasteiger charge is -2.07. The molecule has 1 aromatic carbocycles. The van der Waals surface area contributed by atoms with Gasteiger partial charge in [-0.3, -0.25) is 9.48 Å². The van der Waals surface area contributed by atoms with Crippen LogP contribution in [-0.4, -0.2) is 22.8 Å². The van der Waals surface area contributed by atoms with Crippen LogP contribution in [0, 0.1) is 5.82 Å². The van der Waals surface area contributed by atoms with Crippen LogP contribution in [0.5, 0.6) is 5.75 Å². The Morgan fingerprint density at radius 3 is 3.00 bits per heavy atom. The Kier molecular flexibility index (Phi) is 3.65. The number of methoxy groups -OCH3 is 1. The van der Waals surface area contributed by atoms with Gasteiger partial charge in [0.1, 0.15) is 6.54 Å². The molecule has 0 bridgehead atoms. The van der Waals surface area contributed by atoms with Crippen LogP contribution < -0.4 is 15.8 Å². The van der Waals surface area contributed by atoms with Crippen LogP contribution >= 0.6 is 0 Å². The van der Waals surface area contributed by atoms with Crippen LogP contribution in [0.3, 0.4) is 0 Å². The summed E-state index contributed by atoms with van der Waals surface area (Å²) in [6.07, 6.45) is 3.00. The molecule has 3 N–H and O–H groups in total. The Bertz CT molecular complexity index is 597. The van der Waals surface area contributed by atoms with Crippen molar-refractivity contribution in [2.24, 2.45) is 0 Å². The number of ether oxygens (including phenoxy) is 1. The largest absolute Gasteiger partial charge is 0.494 e. The summed E-state index contributed by atoms with van der Waals surface area (Å²) in [6.45, 7) is 0.0247. The average molecular weight is 264 g/mol. The van der Waals surface area contributed by atoms with Gasteiger partial charge in [-0.25, -0.2) is 4.39 Å². The smallest absolute Gasteiger partial charge is 0.246 e. The van der Waals surface area contributed by atoms with Gasteiger partial charge in [0.25, 0.3) is 0 Å². The number of carbonyl (C=O) groups excluding carboxylic acids is 1. The fourth-order valence-electron chi connectivity index (χ4n) is 1.55. The van der Waals surface area contributed by atoms with Gasteiger partial charge in [0, 0.05) is 18.0 Å². The van der Waals surface area contributed by atoms with Crippen molar-refractivity contribution in [3.63, 3.8) is 0 Å². The SMILES string of the molecule is COc1cc(NC(=O)Cn2cc(N)cn2)ccc1F. The number of hydrogen-bond acceptors (Lipinski definition) is 4. The van der Waals surface area contributed by atoms with Gasteiger partial charge in [0.15, 0.2) is 11.6 Å². The summed E-state index contributed by atoms with van der Waals surface area (Å²) in [7, 11) is 1.36. The second kappa shape index (κ2) is 5.38. The van der Waals surface area contributed by atoms with Crippen LogP contribution in [0.2, 0.25) is 0 Å². The molecule has 19 heavy (non-hydrogen) atoms. The number of amides is 1. The van der Waals surface area contributed by atoms with Crippen LogP contribution in [0.15, 0.2) is 30.6 Å². The van der Waals surface area contributed by atoms with Crippen molar-refractivity contribution in [3.8, 4) is 5.75 Å². The van der Waals surface area contributed by atoms with E-state index < -0.39 is 5.82 Å². The summed E-state index contributed by atoms with van der Waals surface area (Å²) in [5, 5.41) is 6.51. The Morgan fingerprint density at radius 1 is 1.58 bits per heavy atom. The van der Waals surface area contributed by atoms with Gasteiger partial charge in [-0.2, -0.15) is 5.10 Å². The van der Waals surface area contributed by atoms with E-state index in [1.807, 2.05) is 0 Å². The maximum Gasteiger partial charge on any atom is 0.246 e. The molecule has 100 valence electrons. The summed E-state index contributed by atoms with van der Waals surface area (Å²) >= 11 is 0. The fraction of sp³-hybridized carbons (Fsp3) is 0.167. The molecular formula is C12H13FN4O2. The Morgan fingerprint density at radius 2 is 2.37 bits per heavy atom. The average Bonchev–Trinajstić information content (AvgIpc) is 2.77. The van der Waals surface area contributed by atoms with Crippen molar-refractivity contribution in [2.45, 2.75) is 6.54 Å². The van der Waals surface area contributed by atoms with Crippen LogP contribution in [-0.2, 0) is 11.3 Å². The molecule has 0 spiro atoms. The zero-order valence-corrected chi connectivity index (χ0v) is 10.3. The van der Waals surface area contributed by atoms with E-state index in [2.05, 4.69) is 10.4 Å². The number of hydrogen-bond donors (Lipinski definition) is 2. The lowest BCUT2D eigenvalue weighted by molar-refractivity contribution is -0.116. The lowest BCUT2D eigenvalue weighted by atomic mass is 10.3. The monoisotopic (exact) mass is 264 g/mol. The van der Waals surface area contributed by atoms with Crippen molar-refractivity contribution >= 4 is 17.3 Å². The number of carbonyl (C=O) groups is 1. The standard InChI is InChI=1S/C12H13FN4O2/c1-19-11-4-9(2-3-10(11)13)16-12(18)7-17-6-8(14)5-15-17/h2-6H,7,14H2,1H3,(H,16,18). The van der Waals surface area contributed by atoms with Crippen LogP contribution in [0.25, 0.3) is 0 Å². The minimum Gasteiger partial charge on any atom is -0.494 e. The molecule has 1 heterocycles. The predicted molar refractivity (Wildman–Crippen MR) is 68.2 cm³/mol. The van der Waals surface area contributed by atoms with E-state index in [0.717, 1.165) is 0 Å². The number of nitrogens with zero attached hydrogens (tertiary/aromatic N) is 2. The normalized spacial score (nSPS) is 10.2. The first-order valence-electron chi connectivity index (χ1n) is 5.50. The first-order valence-corrected chi connectivity index (χ1v) is 5.50. The summed E-state index contributed by atoms with van der Waals surface area (Å²) in [4.78, 5) is 11.7. The highest BCUT2D eigenvalue weighted by Crippen LogP contribution is 2.21. The minimum atomic E-state index is -0.486. The molecule has 7 heteroatoms. The number of aromatic nitrogens is 2. The van der Waals surface area contributed by atoms with E-state index in [4.69, 9.17) is 10.5 Å². The van der Waals surface area contributed by atoms with Crippen molar-refractivity contribution in [2.75, 3.05) is 18.2 Å². The van der Waals surface area contributed by atoms with Crippen molar-refractivity contribution in [3.05, 3.63) is 36.4 Å². The first kappa shape index (κ1) is 12.9. The van der Waals surface area contributed by atoms with E-state index in [1.54, 1.807) is 6.20 Å². The highest BCUT2D eigenvalue weighted by molar-refractivity contribution is 5.90. The van der Waals surface area contributed by atoms with Gasteiger partial charge in [-0.05, 0) is 12.1 Å². The Hall–Kier alpha value is -2.57. The van der Waals surface area contributed by atoms with E-state index >= 15 is 0 Å². The predicted octanol–water partition coefficient (Wildman–Crippen LogP) is 1.25. The quantitative estimate of drug-likeness (QED) is 0.870. The van der Waals surface area contributed by atoms with E-state index in [0.29, 0.717) is 11.4 Å². The molecule has 0 saturated carbocycles. The number of benzene rings is 1. The number of nitrogen functional groups attached to an aromatic ring is 1. The minimum absolute atomic E-state index is 0.0247. The zero-order chi connectivity index (χ0) is 13.8. The summed E-state index contributed by atoms with van der Waals surface area (Å²) in [5.41, 5.74) is 6.42.